The third-order valence-corrected chi connectivity index (χ3v) is 1.44. The zero-order chi connectivity index (χ0) is 7.40. The fourth-order valence-corrected chi connectivity index (χ4v) is 0.951. The van der Waals surface area contributed by atoms with Gasteiger partial charge in [-0.25, -0.2) is 4.79 Å². The van der Waals surface area contributed by atoms with Gasteiger partial charge >= 0.3 is 6.09 Å². The van der Waals surface area contributed by atoms with Crippen molar-refractivity contribution >= 4 is 6.09 Å². The van der Waals surface area contributed by atoms with Crippen LogP contribution in [0.4, 0.5) is 4.79 Å². The number of amides is 1. The van der Waals surface area contributed by atoms with Gasteiger partial charge in [-0.15, -0.1) is 0 Å². The van der Waals surface area contributed by atoms with Crippen LogP contribution in [0.5, 0.6) is 0 Å². The first kappa shape index (κ1) is 7.34. The van der Waals surface area contributed by atoms with Gasteiger partial charge in [0.05, 0.1) is 6.10 Å². The maximum absolute atomic E-state index is 10.1. The molecule has 1 heterocycles. The molecule has 1 saturated heterocycles. The summed E-state index contributed by atoms with van der Waals surface area (Å²) in [4.78, 5) is 10.1. The van der Waals surface area contributed by atoms with Crippen molar-refractivity contribution in [2.45, 2.75) is 18.9 Å². The van der Waals surface area contributed by atoms with Crippen molar-refractivity contribution in [3.8, 4) is 0 Å². The van der Waals surface area contributed by atoms with E-state index in [1.54, 1.807) is 0 Å². The van der Waals surface area contributed by atoms with Crippen LogP contribution < -0.4 is 5.73 Å². The summed E-state index contributed by atoms with van der Waals surface area (Å²) in [5.74, 6) is 0. The van der Waals surface area contributed by atoms with E-state index in [1.807, 2.05) is 0 Å². The Hall–Kier alpha value is -0.770. The largest absolute Gasteiger partial charge is 0.447 e. The van der Waals surface area contributed by atoms with Crippen LogP contribution in [0.15, 0.2) is 0 Å². The van der Waals surface area contributed by atoms with Gasteiger partial charge in [-0.3, -0.25) is 0 Å². The molecular formula is C6H11NO3. The highest BCUT2D eigenvalue weighted by atomic mass is 16.6. The molecule has 1 rings (SSSR count). The van der Waals surface area contributed by atoms with Crippen LogP contribution in [-0.4, -0.2) is 25.4 Å². The van der Waals surface area contributed by atoms with Gasteiger partial charge in [0.25, 0.3) is 0 Å². The van der Waals surface area contributed by atoms with E-state index in [-0.39, 0.29) is 6.10 Å². The summed E-state index contributed by atoms with van der Waals surface area (Å²) in [6.07, 6.45) is 1.36. The molecule has 1 aliphatic heterocycles. The molecule has 2 N–H and O–H groups in total. The molecule has 1 aliphatic rings. The van der Waals surface area contributed by atoms with Crippen molar-refractivity contribution in [3.63, 3.8) is 0 Å². The molecule has 0 aromatic heterocycles. The quantitative estimate of drug-likeness (QED) is 0.606. The van der Waals surface area contributed by atoms with Crippen molar-refractivity contribution < 1.29 is 14.3 Å². The second-order valence-electron chi connectivity index (χ2n) is 2.27. The van der Waals surface area contributed by atoms with E-state index < -0.39 is 6.09 Å². The molecule has 58 valence electrons. The Bertz CT molecular complexity index is 120. The zero-order valence-corrected chi connectivity index (χ0v) is 5.71. The minimum absolute atomic E-state index is 0.0764. The first-order valence-electron chi connectivity index (χ1n) is 3.33. The topological polar surface area (TPSA) is 61.6 Å². The summed E-state index contributed by atoms with van der Waals surface area (Å²) < 4.78 is 9.71. The minimum atomic E-state index is -0.726. The molecule has 1 fully saturated rings. The van der Waals surface area contributed by atoms with E-state index in [0.717, 1.165) is 19.4 Å². The fraction of sp³-hybridized carbons (Fsp3) is 0.833. The normalized spacial score (nSPS) is 24.6. The highest BCUT2D eigenvalue weighted by molar-refractivity contribution is 5.64. The number of nitrogens with two attached hydrogens (primary N) is 1. The third kappa shape index (κ3) is 2.23. The lowest BCUT2D eigenvalue weighted by atomic mass is 10.2. The van der Waals surface area contributed by atoms with E-state index in [4.69, 9.17) is 10.5 Å². The summed E-state index contributed by atoms with van der Waals surface area (Å²) >= 11 is 0. The van der Waals surface area contributed by atoms with Crippen LogP contribution in [0.25, 0.3) is 0 Å². The van der Waals surface area contributed by atoms with E-state index >= 15 is 0 Å². The standard InChI is InChI=1S/C6H11NO3/c7-6(8)10-4-5-2-1-3-9-5/h5H,1-4H2,(H2,7,8). The first-order chi connectivity index (χ1) is 4.79. The van der Waals surface area contributed by atoms with Gasteiger partial charge < -0.3 is 15.2 Å². The van der Waals surface area contributed by atoms with E-state index in [1.165, 1.54) is 0 Å². The summed E-state index contributed by atoms with van der Waals surface area (Å²) in [5.41, 5.74) is 4.75. The SMILES string of the molecule is NC(=O)OCC1CCCO1. The monoisotopic (exact) mass is 145 g/mol. The smallest absolute Gasteiger partial charge is 0.404 e. The lowest BCUT2D eigenvalue weighted by Gasteiger charge is -2.07. The van der Waals surface area contributed by atoms with Crippen molar-refractivity contribution in [1.82, 2.24) is 0 Å². The minimum Gasteiger partial charge on any atom is -0.447 e. The van der Waals surface area contributed by atoms with Gasteiger partial charge in [0.1, 0.15) is 6.61 Å². The number of primary amides is 1. The van der Waals surface area contributed by atoms with E-state index in [0.29, 0.717) is 6.61 Å². The lowest BCUT2D eigenvalue weighted by Crippen LogP contribution is -2.21. The van der Waals surface area contributed by atoms with Crippen LogP contribution >= 0.6 is 0 Å². The molecule has 0 aromatic carbocycles. The molecule has 0 aromatic rings. The first-order valence-corrected chi connectivity index (χ1v) is 3.33. The highest BCUT2D eigenvalue weighted by Gasteiger charge is 2.16. The van der Waals surface area contributed by atoms with Gasteiger partial charge in [-0.1, -0.05) is 0 Å². The van der Waals surface area contributed by atoms with Gasteiger partial charge in [-0.2, -0.15) is 0 Å². The van der Waals surface area contributed by atoms with E-state index in [2.05, 4.69) is 4.74 Å². The molecule has 0 bridgehead atoms. The second kappa shape index (κ2) is 3.41. The van der Waals surface area contributed by atoms with Crippen LogP contribution in [0.1, 0.15) is 12.8 Å². The molecular weight excluding hydrogens is 134 g/mol. The van der Waals surface area contributed by atoms with Crippen LogP contribution in [0.2, 0.25) is 0 Å². The average molecular weight is 145 g/mol. The van der Waals surface area contributed by atoms with Crippen molar-refractivity contribution in [1.29, 1.82) is 0 Å². The van der Waals surface area contributed by atoms with Gasteiger partial charge in [0.2, 0.25) is 0 Å². The number of hydrogen-bond donors (Lipinski definition) is 1. The molecule has 1 unspecified atom stereocenters. The van der Waals surface area contributed by atoms with Crippen molar-refractivity contribution in [2.75, 3.05) is 13.2 Å². The maximum Gasteiger partial charge on any atom is 0.404 e. The molecule has 4 heteroatoms. The Balaban J connectivity index is 2.07. The molecule has 0 saturated carbocycles. The van der Waals surface area contributed by atoms with Crippen LogP contribution in [0, 0.1) is 0 Å². The lowest BCUT2D eigenvalue weighted by molar-refractivity contribution is 0.0470. The number of hydrogen-bond acceptors (Lipinski definition) is 3. The summed E-state index contributed by atoms with van der Waals surface area (Å²) in [6.45, 7) is 1.07. The summed E-state index contributed by atoms with van der Waals surface area (Å²) in [6, 6.07) is 0. The molecule has 1 amide bonds. The maximum atomic E-state index is 10.1. The Kier molecular flexibility index (Phi) is 2.50. The summed E-state index contributed by atoms with van der Waals surface area (Å²) in [5, 5.41) is 0. The van der Waals surface area contributed by atoms with Crippen molar-refractivity contribution in [3.05, 3.63) is 0 Å². The van der Waals surface area contributed by atoms with Crippen molar-refractivity contribution in [2.24, 2.45) is 5.73 Å². The van der Waals surface area contributed by atoms with Crippen LogP contribution in [-0.2, 0) is 9.47 Å². The Morgan fingerprint density at radius 1 is 1.80 bits per heavy atom. The third-order valence-electron chi connectivity index (χ3n) is 1.44. The number of rotatable bonds is 2. The Morgan fingerprint density at radius 2 is 2.60 bits per heavy atom. The molecule has 10 heavy (non-hydrogen) atoms. The van der Waals surface area contributed by atoms with Gasteiger partial charge in [-0.05, 0) is 12.8 Å². The van der Waals surface area contributed by atoms with E-state index in [9.17, 15) is 4.79 Å². The predicted octanol–water partition coefficient (Wildman–Crippen LogP) is 0.261. The number of carbonyl (C=O) groups is 1. The van der Waals surface area contributed by atoms with Gasteiger partial charge in [0.15, 0.2) is 0 Å². The molecule has 0 spiro atoms. The molecule has 0 aliphatic carbocycles. The second-order valence-corrected chi connectivity index (χ2v) is 2.27. The Morgan fingerprint density at radius 3 is 3.10 bits per heavy atom. The molecule has 0 radical (unpaired) electrons. The average Bonchev–Trinajstić information content (AvgIpc) is 2.34. The highest BCUT2D eigenvalue weighted by Crippen LogP contribution is 2.11. The van der Waals surface area contributed by atoms with Crippen LogP contribution in [0.3, 0.4) is 0 Å². The summed E-state index contributed by atoms with van der Waals surface area (Å²) in [7, 11) is 0. The van der Waals surface area contributed by atoms with Gasteiger partial charge in [0, 0.05) is 6.61 Å². The predicted molar refractivity (Wildman–Crippen MR) is 34.5 cm³/mol. The number of ether oxygens (including phenoxy) is 2. The molecule has 4 nitrogen and oxygen atoms in total. The Labute approximate surface area is 59.3 Å². The number of carbonyl (C=O) groups excluding carboxylic acids is 1. The fourth-order valence-electron chi connectivity index (χ4n) is 0.951. The zero-order valence-electron chi connectivity index (χ0n) is 5.71. The molecule has 1 atom stereocenters.